The number of piperidine rings is 1. The molecule has 1 fully saturated rings. The monoisotopic (exact) mass is 719 g/mol. The number of nitrogens with one attached hydrogen (secondary N) is 1. The van der Waals surface area contributed by atoms with Gasteiger partial charge >= 0.3 is 23.9 Å². The highest BCUT2D eigenvalue weighted by molar-refractivity contribution is 5.88. The number of fused-ring (bicyclic) bond motifs is 1. The highest BCUT2D eigenvalue weighted by Crippen LogP contribution is 2.30. The van der Waals surface area contributed by atoms with Crippen LogP contribution >= 0.6 is 0 Å². The molecule has 0 spiro atoms. The minimum absolute atomic E-state index is 0.0419. The molecule has 2 aromatic carbocycles. The number of likely N-dealkylation sites (tertiary alicyclic amines) is 1. The molecule has 5 rings (SSSR count). The third-order valence-corrected chi connectivity index (χ3v) is 8.81. The Morgan fingerprint density at radius 2 is 1.40 bits per heavy atom. The largest absolute Gasteiger partial charge is 0.481 e. The molecule has 0 saturated carbocycles. The first-order valence-corrected chi connectivity index (χ1v) is 16.9. The molecule has 0 atom stereocenters. The lowest BCUT2D eigenvalue weighted by Crippen LogP contribution is -2.42. The molecular weight excluding hydrogens is 674 g/mol. The van der Waals surface area contributed by atoms with Gasteiger partial charge in [0.2, 0.25) is 0 Å². The van der Waals surface area contributed by atoms with Crippen LogP contribution in [-0.4, -0.2) is 107 Å². The van der Waals surface area contributed by atoms with Crippen molar-refractivity contribution in [3.63, 3.8) is 0 Å². The number of aliphatic hydroxyl groups is 1. The number of anilines is 1. The predicted octanol–water partition coefficient (Wildman–Crippen LogP) is 3.92. The average molecular weight is 720 g/mol. The number of carboxylic acid groups (broad SMARTS) is 4. The van der Waals surface area contributed by atoms with Gasteiger partial charge in [0.05, 0.1) is 30.8 Å². The first-order valence-electron chi connectivity index (χ1n) is 16.9. The van der Waals surface area contributed by atoms with Gasteiger partial charge < -0.3 is 40.5 Å². The molecule has 0 radical (unpaired) electrons. The van der Waals surface area contributed by atoms with Crippen LogP contribution in [-0.2, 0) is 29.3 Å². The number of imidazole rings is 1. The van der Waals surface area contributed by atoms with Crippen molar-refractivity contribution in [3.05, 3.63) is 95.8 Å². The van der Waals surface area contributed by atoms with Crippen LogP contribution in [0.25, 0.3) is 5.65 Å². The van der Waals surface area contributed by atoms with Gasteiger partial charge in [0.1, 0.15) is 17.3 Å². The van der Waals surface area contributed by atoms with Crippen LogP contribution in [0.4, 0.5) is 5.82 Å². The summed E-state index contributed by atoms with van der Waals surface area (Å²) in [5, 5.41) is 51.2. The summed E-state index contributed by atoms with van der Waals surface area (Å²) in [6.07, 6.45) is 2.66. The summed E-state index contributed by atoms with van der Waals surface area (Å²) in [5.74, 6) is -5.18. The SMILES string of the molecule is CC(C)(C(=O)O)c1cn2nc(NCCCN3CCC(OC(c4ccccc4)c4ccccc4)CC3)ccc2n1.O=C(O)CC(O)(CC(=O)O)C(=O)O. The number of rotatable bonds is 16. The van der Waals surface area contributed by atoms with Gasteiger partial charge in [-0.2, -0.15) is 0 Å². The second-order valence-electron chi connectivity index (χ2n) is 13.2. The molecule has 3 heterocycles. The third kappa shape index (κ3) is 10.8. The average Bonchev–Trinajstić information content (AvgIpc) is 3.54. The van der Waals surface area contributed by atoms with Crippen molar-refractivity contribution in [2.24, 2.45) is 0 Å². The zero-order chi connectivity index (χ0) is 37.9. The molecule has 1 saturated heterocycles. The lowest BCUT2D eigenvalue weighted by atomic mass is 9.90. The molecule has 15 heteroatoms. The van der Waals surface area contributed by atoms with E-state index in [-0.39, 0.29) is 12.2 Å². The third-order valence-electron chi connectivity index (χ3n) is 8.81. The Hall–Kier alpha value is -5.38. The van der Waals surface area contributed by atoms with Gasteiger partial charge in [0, 0.05) is 19.6 Å². The zero-order valence-corrected chi connectivity index (χ0v) is 29.1. The van der Waals surface area contributed by atoms with E-state index in [0.717, 1.165) is 51.3 Å². The Labute approximate surface area is 300 Å². The summed E-state index contributed by atoms with van der Waals surface area (Å²) >= 11 is 0. The van der Waals surface area contributed by atoms with Gasteiger partial charge in [-0.05, 0) is 62.9 Å². The van der Waals surface area contributed by atoms with Gasteiger partial charge in [-0.25, -0.2) is 14.3 Å². The smallest absolute Gasteiger partial charge is 0.336 e. The number of hydrogen-bond acceptors (Lipinski definition) is 10. The molecule has 4 aromatic rings. The summed E-state index contributed by atoms with van der Waals surface area (Å²) in [6.45, 7) is 7.18. The second-order valence-corrected chi connectivity index (χ2v) is 13.2. The van der Waals surface area contributed by atoms with Crippen molar-refractivity contribution < 1.29 is 49.4 Å². The first-order chi connectivity index (χ1) is 24.7. The molecule has 1 aliphatic heterocycles. The van der Waals surface area contributed by atoms with E-state index in [0.29, 0.717) is 11.3 Å². The standard InChI is InChI=1S/C31H37N5O3.C6H8O7/c1-31(2,30(37)38)26-22-36-28(33-26)15-14-27(34-36)32-18-9-19-35-20-16-25(17-21-35)39-29(23-10-5-3-6-11-23)24-12-7-4-8-13-24;7-3(8)1-6(13,5(11)12)2-4(9)10/h3-8,10-15,22,25,29H,9,16-21H2,1-2H3,(H,32,34)(H,37,38);13H,1-2H2,(H,7,8)(H,9,10)(H,11,12). The van der Waals surface area contributed by atoms with Gasteiger partial charge in [-0.15, -0.1) is 5.10 Å². The Kier molecular flexibility index (Phi) is 13.4. The molecule has 0 aliphatic carbocycles. The van der Waals surface area contributed by atoms with E-state index in [4.69, 9.17) is 25.2 Å². The van der Waals surface area contributed by atoms with E-state index >= 15 is 0 Å². The zero-order valence-electron chi connectivity index (χ0n) is 29.1. The molecule has 0 unspecified atom stereocenters. The number of aliphatic carboxylic acids is 4. The summed E-state index contributed by atoms with van der Waals surface area (Å²) in [7, 11) is 0. The molecular formula is C37H45N5O10. The van der Waals surface area contributed by atoms with Crippen molar-refractivity contribution in [1.82, 2.24) is 19.5 Å². The number of ether oxygens (including phenoxy) is 1. The lowest BCUT2D eigenvalue weighted by molar-refractivity contribution is -0.170. The number of carbonyl (C=O) groups is 4. The number of hydrogen-bond donors (Lipinski definition) is 6. The summed E-state index contributed by atoms with van der Waals surface area (Å²) in [5.41, 5.74) is -0.285. The maximum atomic E-state index is 11.6. The van der Waals surface area contributed by atoms with E-state index in [1.807, 2.05) is 24.3 Å². The first kappa shape index (κ1) is 39.4. The number of carboxylic acids is 4. The fraction of sp³-hybridized carbons (Fsp3) is 0.405. The van der Waals surface area contributed by atoms with E-state index in [2.05, 4.69) is 68.8 Å². The van der Waals surface area contributed by atoms with Crippen LogP contribution in [0.2, 0.25) is 0 Å². The van der Waals surface area contributed by atoms with Crippen LogP contribution in [0.15, 0.2) is 79.0 Å². The molecule has 15 nitrogen and oxygen atoms in total. The van der Waals surface area contributed by atoms with Gasteiger partial charge in [0.25, 0.3) is 0 Å². The highest BCUT2D eigenvalue weighted by atomic mass is 16.5. The fourth-order valence-electron chi connectivity index (χ4n) is 5.69. The molecule has 0 bridgehead atoms. The minimum Gasteiger partial charge on any atom is -0.481 e. The van der Waals surface area contributed by atoms with Crippen LogP contribution in [0.3, 0.4) is 0 Å². The Morgan fingerprint density at radius 1 is 0.846 bits per heavy atom. The molecule has 0 amide bonds. The lowest BCUT2D eigenvalue weighted by Gasteiger charge is -2.34. The number of aromatic nitrogens is 3. The maximum absolute atomic E-state index is 11.6. The van der Waals surface area contributed by atoms with E-state index < -0.39 is 47.7 Å². The fourth-order valence-corrected chi connectivity index (χ4v) is 5.69. The minimum atomic E-state index is -2.74. The maximum Gasteiger partial charge on any atom is 0.336 e. The van der Waals surface area contributed by atoms with Crippen LogP contribution in [0.5, 0.6) is 0 Å². The van der Waals surface area contributed by atoms with Crippen LogP contribution < -0.4 is 5.32 Å². The normalized spacial score (nSPS) is 14.1. The quantitative estimate of drug-likeness (QED) is 0.0904. The van der Waals surface area contributed by atoms with Gasteiger partial charge in [0.15, 0.2) is 11.2 Å². The van der Waals surface area contributed by atoms with Crippen molar-refractivity contribution >= 4 is 35.3 Å². The number of benzene rings is 2. The Morgan fingerprint density at radius 3 is 1.90 bits per heavy atom. The van der Waals surface area contributed by atoms with Crippen molar-refractivity contribution in [1.29, 1.82) is 0 Å². The second kappa shape index (κ2) is 17.7. The van der Waals surface area contributed by atoms with Crippen LogP contribution in [0, 0.1) is 0 Å². The molecule has 52 heavy (non-hydrogen) atoms. The Balaban J connectivity index is 0.000000398. The number of nitrogens with zero attached hydrogens (tertiary/aromatic N) is 4. The van der Waals surface area contributed by atoms with Crippen LogP contribution in [0.1, 0.15) is 68.9 Å². The molecule has 2 aromatic heterocycles. The van der Waals surface area contributed by atoms with E-state index in [1.165, 1.54) is 11.1 Å². The topological polar surface area (TPSA) is 224 Å². The summed E-state index contributed by atoms with van der Waals surface area (Å²) in [4.78, 5) is 49.0. The van der Waals surface area contributed by atoms with E-state index in [9.17, 15) is 24.3 Å². The van der Waals surface area contributed by atoms with E-state index in [1.54, 1.807) is 24.6 Å². The molecule has 6 N–H and O–H groups in total. The molecule has 278 valence electrons. The highest BCUT2D eigenvalue weighted by Gasteiger charge is 2.41. The van der Waals surface area contributed by atoms with Crippen molar-refractivity contribution in [3.8, 4) is 0 Å². The predicted molar refractivity (Wildman–Crippen MR) is 189 cm³/mol. The van der Waals surface area contributed by atoms with Crippen molar-refractivity contribution in [2.45, 2.75) is 69.2 Å². The van der Waals surface area contributed by atoms with Gasteiger partial charge in [-0.3, -0.25) is 14.4 Å². The summed E-state index contributed by atoms with van der Waals surface area (Å²) < 4.78 is 8.32. The molecule has 1 aliphatic rings. The van der Waals surface area contributed by atoms with Crippen molar-refractivity contribution in [2.75, 3.05) is 31.5 Å². The Bertz CT molecular complexity index is 1750. The van der Waals surface area contributed by atoms with Gasteiger partial charge in [-0.1, -0.05) is 60.7 Å². The summed E-state index contributed by atoms with van der Waals surface area (Å²) in [6, 6.07) is 24.7.